The molecule has 1 amide bonds. The number of esters is 1. The normalized spacial score (nSPS) is 10.7. The Bertz CT molecular complexity index is 1010. The number of furan rings is 1. The molecule has 1 aromatic carbocycles. The van der Waals surface area contributed by atoms with Crippen molar-refractivity contribution in [3.05, 3.63) is 76.0 Å². The fourth-order valence-corrected chi connectivity index (χ4v) is 3.11. The van der Waals surface area contributed by atoms with Crippen molar-refractivity contribution in [3.63, 3.8) is 0 Å². The number of hydrogen-bond acceptors (Lipinski definition) is 4. The molecule has 0 bridgehead atoms. The van der Waals surface area contributed by atoms with Crippen molar-refractivity contribution in [1.82, 2.24) is 4.57 Å². The molecule has 1 N–H and O–H groups in total. The van der Waals surface area contributed by atoms with Gasteiger partial charge in [-0.25, -0.2) is 4.79 Å². The van der Waals surface area contributed by atoms with Crippen molar-refractivity contribution < 1.29 is 18.7 Å². The highest BCUT2D eigenvalue weighted by atomic mass is 35.5. The molecule has 0 radical (unpaired) electrons. The van der Waals surface area contributed by atoms with Gasteiger partial charge in [-0.05, 0) is 56.7 Å². The minimum atomic E-state index is -0.545. The number of amides is 1. The molecular formula is C21H21ClN2O4. The van der Waals surface area contributed by atoms with Gasteiger partial charge in [0.05, 0.1) is 18.4 Å². The molecule has 0 aliphatic rings. The Balaban J connectivity index is 1.63. The van der Waals surface area contributed by atoms with Crippen LogP contribution in [0, 0.1) is 20.8 Å². The fourth-order valence-electron chi connectivity index (χ4n) is 2.93. The van der Waals surface area contributed by atoms with E-state index < -0.39 is 11.9 Å². The number of hydrogen-bond donors (Lipinski definition) is 1. The van der Waals surface area contributed by atoms with Crippen LogP contribution in [0.5, 0.6) is 0 Å². The zero-order chi connectivity index (χ0) is 20.3. The first-order valence-corrected chi connectivity index (χ1v) is 9.15. The summed E-state index contributed by atoms with van der Waals surface area (Å²) in [6.45, 7) is 5.73. The first kappa shape index (κ1) is 19.8. The van der Waals surface area contributed by atoms with Crippen LogP contribution in [0.2, 0.25) is 5.02 Å². The maximum absolute atomic E-state index is 12.5. The molecule has 3 aromatic rings. The van der Waals surface area contributed by atoms with E-state index in [9.17, 15) is 9.59 Å². The summed E-state index contributed by atoms with van der Waals surface area (Å²) in [6, 6.07) is 10.6. The Hall–Kier alpha value is -2.99. The van der Waals surface area contributed by atoms with Crippen molar-refractivity contribution in [2.24, 2.45) is 0 Å². The van der Waals surface area contributed by atoms with Gasteiger partial charge in [-0.2, -0.15) is 0 Å². The second-order valence-corrected chi connectivity index (χ2v) is 6.97. The zero-order valence-electron chi connectivity index (χ0n) is 15.9. The highest BCUT2D eigenvalue weighted by Crippen LogP contribution is 2.21. The van der Waals surface area contributed by atoms with E-state index in [0.29, 0.717) is 22.8 Å². The average molecular weight is 401 g/mol. The molecule has 0 aliphatic heterocycles. The smallest absolute Gasteiger partial charge is 0.340 e. The molecular weight excluding hydrogens is 380 g/mol. The summed E-state index contributed by atoms with van der Waals surface area (Å²) in [5, 5.41) is 3.22. The van der Waals surface area contributed by atoms with E-state index >= 15 is 0 Å². The molecule has 146 valence electrons. The highest BCUT2D eigenvalue weighted by molar-refractivity contribution is 6.31. The van der Waals surface area contributed by atoms with Gasteiger partial charge in [0, 0.05) is 22.1 Å². The van der Waals surface area contributed by atoms with Gasteiger partial charge in [-0.3, -0.25) is 4.79 Å². The lowest BCUT2D eigenvalue weighted by molar-refractivity contribution is -0.119. The van der Waals surface area contributed by atoms with Crippen LogP contribution in [0.1, 0.15) is 33.1 Å². The molecule has 2 aromatic heterocycles. The average Bonchev–Trinajstić information content (AvgIpc) is 3.26. The summed E-state index contributed by atoms with van der Waals surface area (Å²) in [4.78, 5) is 24.6. The number of halogens is 1. The lowest BCUT2D eigenvalue weighted by atomic mass is 10.2. The second-order valence-electron chi connectivity index (χ2n) is 6.53. The van der Waals surface area contributed by atoms with E-state index in [1.807, 2.05) is 37.5 Å². The number of carbonyl (C=O) groups excluding carboxylic acids is 2. The minimum Gasteiger partial charge on any atom is -0.467 e. The number of nitrogens with zero attached hydrogens (tertiary/aromatic N) is 1. The van der Waals surface area contributed by atoms with E-state index in [4.69, 9.17) is 20.8 Å². The minimum absolute atomic E-state index is 0.382. The summed E-state index contributed by atoms with van der Waals surface area (Å²) < 4.78 is 12.5. The van der Waals surface area contributed by atoms with Crippen LogP contribution < -0.4 is 5.32 Å². The standard InChI is InChI=1S/C21H21ClN2O4/c1-13-6-7-16(22)10-19(13)23-20(25)12-28-21(26)18-9-14(2)24(15(18)3)11-17-5-4-8-27-17/h4-10H,11-12H2,1-3H3,(H,23,25). The van der Waals surface area contributed by atoms with Crippen molar-refractivity contribution in [2.45, 2.75) is 27.3 Å². The molecule has 0 aliphatic carbocycles. The van der Waals surface area contributed by atoms with Gasteiger partial charge in [-0.15, -0.1) is 0 Å². The molecule has 7 heteroatoms. The largest absolute Gasteiger partial charge is 0.467 e. The van der Waals surface area contributed by atoms with Gasteiger partial charge in [0.2, 0.25) is 0 Å². The maximum atomic E-state index is 12.5. The number of anilines is 1. The van der Waals surface area contributed by atoms with Crippen LogP contribution in [0.4, 0.5) is 5.69 Å². The van der Waals surface area contributed by atoms with Crippen LogP contribution in [-0.4, -0.2) is 23.1 Å². The Kier molecular flexibility index (Phi) is 5.90. The fraction of sp³-hybridized carbons (Fsp3) is 0.238. The molecule has 0 unspecified atom stereocenters. The number of ether oxygens (including phenoxy) is 1. The van der Waals surface area contributed by atoms with E-state index in [1.54, 1.807) is 30.5 Å². The lowest BCUT2D eigenvalue weighted by Crippen LogP contribution is -2.21. The number of benzene rings is 1. The Morgan fingerprint density at radius 1 is 1.18 bits per heavy atom. The SMILES string of the molecule is Cc1ccc(Cl)cc1NC(=O)COC(=O)c1cc(C)n(Cc2ccco2)c1C. The van der Waals surface area contributed by atoms with Crippen LogP contribution >= 0.6 is 11.6 Å². The summed E-state index contributed by atoms with van der Waals surface area (Å²) >= 11 is 5.95. The number of carbonyl (C=O) groups is 2. The third kappa shape index (κ3) is 4.46. The molecule has 0 atom stereocenters. The van der Waals surface area contributed by atoms with Gasteiger partial charge in [0.15, 0.2) is 6.61 Å². The van der Waals surface area contributed by atoms with Crippen molar-refractivity contribution >= 4 is 29.2 Å². The van der Waals surface area contributed by atoms with E-state index in [2.05, 4.69) is 5.32 Å². The molecule has 0 saturated heterocycles. The Morgan fingerprint density at radius 2 is 1.96 bits per heavy atom. The zero-order valence-corrected chi connectivity index (χ0v) is 16.7. The summed E-state index contributed by atoms with van der Waals surface area (Å²) in [7, 11) is 0. The maximum Gasteiger partial charge on any atom is 0.340 e. The molecule has 2 heterocycles. The van der Waals surface area contributed by atoms with Gasteiger partial charge in [0.1, 0.15) is 5.76 Å². The predicted molar refractivity (Wildman–Crippen MR) is 107 cm³/mol. The topological polar surface area (TPSA) is 73.5 Å². The number of aromatic nitrogens is 1. The van der Waals surface area contributed by atoms with E-state index in [0.717, 1.165) is 22.7 Å². The van der Waals surface area contributed by atoms with E-state index in [-0.39, 0.29) is 6.61 Å². The van der Waals surface area contributed by atoms with Crippen molar-refractivity contribution in [2.75, 3.05) is 11.9 Å². The second kappa shape index (κ2) is 8.35. The lowest BCUT2D eigenvalue weighted by Gasteiger charge is -2.10. The van der Waals surface area contributed by atoms with Gasteiger partial charge in [-0.1, -0.05) is 17.7 Å². The van der Waals surface area contributed by atoms with Crippen LogP contribution in [0.25, 0.3) is 0 Å². The van der Waals surface area contributed by atoms with Gasteiger partial charge >= 0.3 is 5.97 Å². The van der Waals surface area contributed by atoms with Gasteiger partial charge < -0.3 is 19.0 Å². The summed E-state index contributed by atoms with van der Waals surface area (Å²) in [6.07, 6.45) is 1.61. The highest BCUT2D eigenvalue weighted by Gasteiger charge is 2.19. The van der Waals surface area contributed by atoms with Crippen molar-refractivity contribution in [1.29, 1.82) is 0 Å². The molecule has 28 heavy (non-hydrogen) atoms. The number of rotatable bonds is 6. The summed E-state index contributed by atoms with van der Waals surface area (Å²) in [5.41, 5.74) is 3.54. The third-order valence-electron chi connectivity index (χ3n) is 4.50. The van der Waals surface area contributed by atoms with Gasteiger partial charge in [0.25, 0.3) is 5.91 Å². The molecule has 0 spiro atoms. The molecule has 0 fully saturated rings. The van der Waals surface area contributed by atoms with Crippen molar-refractivity contribution in [3.8, 4) is 0 Å². The van der Waals surface area contributed by atoms with Crippen LogP contribution in [0.3, 0.4) is 0 Å². The van der Waals surface area contributed by atoms with Crippen LogP contribution in [0.15, 0.2) is 47.1 Å². The Labute approximate surface area is 168 Å². The first-order chi connectivity index (χ1) is 13.3. The quantitative estimate of drug-likeness (QED) is 0.618. The molecule has 0 saturated carbocycles. The first-order valence-electron chi connectivity index (χ1n) is 8.77. The third-order valence-corrected chi connectivity index (χ3v) is 4.73. The molecule has 6 nitrogen and oxygen atoms in total. The summed E-state index contributed by atoms with van der Waals surface area (Å²) in [5.74, 6) is -0.183. The monoisotopic (exact) mass is 400 g/mol. The predicted octanol–water partition coefficient (Wildman–Crippen LogP) is 4.50. The molecule has 3 rings (SSSR count). The Morgan fingerprint density at radius 3 is 2.68 bits per heavy atom. The van der Waals surface area contributed by atoms with Crippen LogP contribution in [-0.2, 0) is 16.1 Å². The van der Waals surface area contributed by atoms with E-state index in [1.165, 1.54) is 0 Å². The number of nitrogens with one attached hydrogen (secondary N) is 1. The number of aryl methyl sites for hydroxylation is 2.